The van der Waals surface area contributed by atoms with Crippen LogP contribution in [0.15, 0.2) is 52.1 Å². The summed E-state index contributed by atoms with van der Waals surface area (Å²) in [6.07, 6.45) is -2.83. The Morgan fingerprint density at radius 2 is 1.86 bits per heavy atom. The summed E-state index contributed by atoms with van der Waals surface area (Å²) in [4.78, 5) is 17.7. The minimum atomic E-state index is -4.36. The molecule has 0 fully saturated rings. The number of aliphatic imine (C=N–C) groups is 1. The first-order valence-electron chi connectivity index (χ1n) is 8.16. The lowest BCUT2D eigenvalue weighted by atomic mass is 10.1. The molecule has 0 aliphatic heterocycles. The third-order valence-corrected chi connectivity index (χ3v) is 3.72. The lowest BCUT2D eigenvalue weighted by molar-refractivity contribution is -0.137. The number of carbonyl (C=O) groups is 1. The molecule has 2 N–H and O–H groups in total. The number of furan rings is 1. The summed E-state index contributed by atoms with van der Waals surface area (Å²) in [7, 11) is 3.29. The van der Waals surface area contributed by atoms with E-state index in [2.05, 4.69) is 15.6 Å². The minimum absolute atomic E-state index is 0. The van der Waals surface area contributed by atoms with Crippen LogP contribution in [0.3, 0.4) is 0 Å². The Bertz CT molecular complexity index is 762. The Morgan fingerprint density at radius 3 is 2.39 bits per heavy atom. The zero-order valence-electron chi connectivity index (χ0n) is 15.4. The topological polar surface area (TPSA) is 69.9 Å². The van der Waals surface area contributed by atoms with Crippen molar-refractivity contribution >= 4 is 35.8 Å². The van der Waals surface area contributed by atoms with Gasteiger partial charge in [0.25, 0.3) is 0 Å². The van der Waals surface area contributed by atoms with Crippen LogP contribution in [-0.2, 0) is 24.1 Å². The van der Waals surface area contributed by atoms with E-state index in [0.29, 0.717) is 23.8 Å². The van der Waals surface area contributed by atoms with E-state index in [1.165, 1.54) is 18.4 Å². The molecular weight excluding hydrogens is 488 g/mol. The highest BCUT2D eigenvalue weighted by molar-refractivity contribution is 14.0. The fourth-order valence-electron chi connectivity index (χ4n) is 2.35. The first-order valence-corrected chi connectivity index (χ1v) is 8.16. The quantitative estimate of drug-likeness (QED) is 0.356. The van der Waals surface area contributed by atoms with Gasteiger partial charge in [-0.1, -0.05) is 12.1 Å². The van der Waals surface area contributed by atoms with Gasteiger partial charge in [-0.2, -0.15) is 13.2 Å². The monoisotopic (exact) mass is 510 g/mol. The normalized spacial score (nSPS) is 11.5. The number of amides is 1. The smallest absolute Gasteiger partial charge is 0.416 e. The molecule has 2 rings (SSSR count). The molecule has 0 bridgehead atoms. The van der Waals surface area contributed by atoms with Crippen molar-refractivity contribution in [3.63, 3.8) is 0 Å². The molecule has 0 unspecified atom stereocenters. The third kappa shape index (κ3) is 7.41. The predicted molar refractivity (Wildman–Crippen MR) is 110 cm³/mol. The molecule has 0 aliphatic rings. The number of rotatable bonds is 6. The molecule has 154 valence electrons. The molecule has 1 amide bonds. The standard InChI is InChI=1S/C18H21F3N4O2.HI/c1-22-17(24-11-16(26)23-10-15-4-3-9-27-15)25(2)12-13-5-7-14(8-6-13)18(19,20)21;/h3-9H,10-12H2,1-2H3,(H,22,24)(H,23,26);1H. The van der Waals surface area contributed by atoms with Gasteiger partial charge in [0.2, 0.25) is 5.91 Å². The highest BCUT2D eigenvalue weighted by Gasteiger charge is 2.29. The summed E-state index contributed by atoms with van der Waals surface area (Å²) in [6, 6.07) is 8.41. The summed E-state index contributed by atoms with van der Waals surface area (Å²) in [6.45, 7) is 0.629. The summed E-state index contributed by atoms with van der Waals surface area (Å²) in [5.74, 6) is 0.852. The minimum Gasteiger partial charge on any atom is -0.467 e. The first kappa shape index (κ1) is 23.8. The maximum Gasteiger partial charge on any atom is 0.416 e. The van der Waals surface area contributed by atoms with Crippen molar-refractivity contribution in [1.29, 1.82) is 0 Å². The van der Waals surface area contributed by atoms with Crippen LogP contribution in [0.2, 0.25) is 0 Å². The first-order chi connectivity index (χ1) is 12.8. The number of hydrogen-bond acceptors (Lipinski definition) is 3. The molecule has 1 heterocycles. The van der Waals surface area contributed by atoms with Crippen LogP contribution in [0.4, 0.5) is 13.2 Å². The van der Waals surface area contributed by atoms with Crippen LogP contribution in [-0.4, -0.2) is 37.4 Å². The summed E-state index contributed by atoms with van der Waals surface area (Å²) >= 11 is 0. The lowest BCUT2D eigenvalue weighted by Gasteiger charge is -2.22. The second kappa shape index (κ2) is 10.9. The third-order valence-electron chi connectivity index (χ3n) is 3.72. The van der Waals surface area contributed by atoms with Crippen LogP contribution in [0.1, 0.15) is 16.9 Å². The number of carbonyl (C=O) groups excluding carboxylic acids is 1. The average molecular weight is 510 g/mol. The van der Waals surface area contributed by atoms with E-state index < -0.39 is 11.7 Å². The van der Waals surface area contributed by atoms with Crippen molar-refractivity contribution in [3.05, 3.63) is 59.5 Å². The van der Waals surface area contributed by atoms with Gasteiger partial charge in [-0.05, 0) is 29.8 Å². The molecular formula is C18H22F3IN4O2. The molecule has 28 heavy (non-hydrogen) atoms. The van der Waals surface area contributed by atoms with Crippen molar-refractivity contribution < 1.29 is 22.4 Å². The summed E-state index contributed by atoms with van der Waals surface area (Å²) in [5.41, 5.74) is 0.000333. The molecule has 6 nitrogen and oxygen atoms in total. The van der Waals surface area contributed by atoms with E-state index in [1.807, 2.05) is 0 Å². The molecule has 1 aromatic heterocycles. The Balaban J connectivity index is 0.00000392. The Kier molecular flexibility index (Phi) is 9.29. The van der Waals surface area contributed by atoms with E-state index in [0.717, 1.165) is 12.1 Å². The number of benzene rings is 1. The second-order valence-electron chi connectivity index (χ2n) is 5.81. The number of halogens is 4. The lowest BCUT2D eigenvalue weighted by Crippen LogP contribution is -2.43. The van der Waals surface area contributed by atoms with Crippen LogP contribution in [0.5, 0.6) is 0 Å². The van der Waals surface area contributed by atoms with Gasteiger partial charge in [0.1, 0.15) is 5.76 Å². The second-order valence-corrected chi connectivity index (χ2v) is 5.81. The van der Waals surface area contributed by atoms with Gasteiger partial charge in [-0.15, -0.1) is 24.0 Å². The van der Waals surface area contributed by atoms with E-state index >= 15 is 0 Å². The van der Waals surface area contributed by atoms with Gasteiger partial charge in [0, 0.05) is 20.6 Å². The molecule has 0 spiro atoms. The summed E-state index contributed by atoms with van der Waals surface area (Å²) in [5, 5.41) is 5.61. The van der Waals surface area contributed by atoms with Crippen LogP contribution < -0.4 is 10.6 Å². The van der Waals surface area contributed by atoms with Gasteiger partial charge >= 0.3 is 6.18 Å². The SMILES string of the molecule is CN=C(NCC(=O)NCc1ccco1)N(C)Cc1ccc(C(F)(F)F)cc1.I. The van der Waals surface area contributed by atoms with Crippen molar-refractivity contribution in [1.82, 2.24) is 15.5 Å². The van der Waals surface area contributed by atoms with Crippen molar-refractivity contribution in [2.24, 2.45) is 4.99 Å². The Morgan fingerprint density at radius 1 is 1.18 bits per heavy atom. The number of alkyl halides is 3. The molecule has 10 heteroatoms. The molecule has 1 aromatic carbocycles. The molecule has 0 atom stereocenters. The number of hydrogen-bond donors (Lipinski definition) is 2. The fourth-order valence-corrected chi connectivity index (χ4v) is 2.35. The zero-order chi connectivity index (χ0) is 19.9. The Labute approximate surface area is 178 Å². The van der Waals surface area contributed by atoms with E-state index in [4.69, 9.17) is 4.42 Å². The molecule has 0 saturated heterocycles. The fraction of sp³-hybridized carbons (Fsp3) is 0.333. The summed E-state index contributed by atoms with van der Waals surface area (Å²) < 4.78 is 43.0. The van der Waals surface area contributed by atoms with Crippen LogP contribution >= 0.6 is 24.0 Å². The van der Waals surface area contributed by atoms with Gasteiger partial charge in [0.15, 0.2) is 5.96 Å². The highest BCUT2D eigenvalue weighted by atomic mass is 127. The largest absolute Gasteiger partial charge is 0.467 e. The maximum atomic E-state index is 12.6. The number of nitrogens with zero attached hydrogens (tertiary/aromatic N) is 2. The zero-order valence-corrected chi connectivity index (χ0v) is 17.7. The number of guanidine groups is 1. The van der Waals surface area contributed by atoms with E-state index in [-0.39, 0.29) is 43.0 Å². The predicted octanol–water partition coefficient (Wildman–Crippen LogP) is 3.24. The van der Waals surface area contributed by atoms with Gasteiger partial charge in [-0.3, -0.25) is 9.79 Å². The highest BCUT2D eigenvalue weighted by Crippen LogP contribution is 2.29. The van der Waals surface area contributed by atoms with Crippen molar-refractivity contribution in [2.45, 2.75) is 19.3 Å². The molecule has 0 saturated carbocycles. The van der Waals surface area contributed by atoms with Gasteiger partial charge in [0.05, 0.1) is 24.9 Å². The molecule has 2 aromatic rings. The number of nitrogens with one attached hydrogen (secondary N) is 2. The molecule has 0 radical (unpaired) electrons. The average Bonchev–Trinajstić information content (AvgIpc) is 3.13. The van der Waals surface area contributed by atoms with E-state index in [9.17, 15) is 18.0 Å². The molecule has 0 aliphatic carbocycles. The van der Waals surface area contributed by atoms with Gasteiger partial charge < -0.3 is 20.0 Å². The van der Waals surface area contributed by atoms with Crippen molar-refractivity contribution in [2.75, 3.05) is 20.6 Å². The van der Waals surface area contributed by atoms with Crippen LogP contribution in [0, 0.1) is 0 Å². The van der Waals surface area contributed by atoms with Crippen LogP contribution in [0.25, 0.3) is 0 Å². The Hall–Kier alpha value is -2.24. The maximum absolute atomic E-state index is 12.6. The van der Waals surface area contributed by atoms with Gasteiger partial charge in [-0.25, -0.2) is 0 Å². The van der Waals surface area contributed by atoms with Crippen molar-refractivity contribution in [3.8, 4) is 0 Å². The van der Waals surface area contributed by atoms with E-state index in [1.54, 1.807) is 31.1 Å².